The maximum Gasteiger partial charge on any atom is 0.322 e. The molecule has 0 N–H and O–H groups in total. The molecule has 4 aromatic rings. The third-order valence-electron chi connectivity index (χ3n) is 6.69. The highest BCUT2D eigenvalue weighted by Gasteiger charge is 2.32. The van der Waals surface area contributed by atoms with Gasteiger partial charge in [-0.3, -0.25) is 4.79 Å². The van der Waals surface area contributed by atoms with Crippen LogP contribution in [0.2, 0.25) is 0 Å². The Hall–Kier alpha value is -4.20. The lowest BCUT2D eigenvalue weighted by Gasteiger charge is -2.17. The quantitative estimate of drug-likeness (QED) is 0.325. The molecule has 2 heterocycles. The second-order valence-electron chi connectivity index (χ2n) is 8.88. The van der Waals surface area contributed by atoms with Gasteiger partial charge < -0.3 is 18.9 Å². The summed E-state index contributed by atoms with van der Waals surface area (Å²) in [4.78, 5) is 20.4. The van der Waals surface area contributed by atoms with Gasteiger partial charge in [-0.05, 0) is 37.1 Å². The Labute approximate surface area is 206 Å². The maximum atomic E-state index is 15.0. The summed E-state index contributed by atoms with van der Waals surface area (Å²) in [5.41, 5.74) is 2.96. The Morgan fingerprint density at radius 3 is 2.94 bits per heavy atom. The van der Waals surface area contributed by atoms with Crippen LogP contribution in [-0.2, 0) is 16.0 Å². The average molecular weight is 486 g/mol. The fraction of sp³-hybridized carbons (Fsp3) is 0.250. The highest BCUT2D eigenvalue weighted by molar-refractivity contribution is 5.77. The number of hydrogen-bond acceptors (Lipinski definition) is 7. The summed E-state index contributed by atoms with van der Waals surface area (Å²) >= 11 is 0. The van der Waals surface area contributed by atoms with Crippen LogP contribution >= 0.6 is 0 Å². The van der Waals surface area contributed by atoms with E-state index in [0.717, 1.165) is 22.0 Å². The summed E-state index contributed by atoms with van der Waals surface area (Å²) < 4.78 is 37.7. The summed E-state index contributed by atoms with van der Waals surface area (Å²) in [5.74, 6) is 1.11. The van der Waals surface area contributed by atoms with Crippen molar-refractivity contribution in [1.29, 1.82) is 0 Å². The van der Waals surface area contributed by atoms with Crippen LogP contribution in [-0.4, -0.2) is 29.7 Å². The minimum Gasteiger partial charge on any atom is -0.492 e. The molecule has 0 saturated carbocycles. The number of fused-ring (bicyclic) bond motifs is 3. The number of hydrogen-bond donors (Lipinski definition) is 0. The standard InChI is InChI=1S/C28H23FN2O5/c1-33-26(32)12-17-15-34-25-13-18(6-7-19(17)25)35-24-10-8-20-23(11-9-21(29)27(20)24)36-28-30-14-16-4-2-3-5-22(16)31-28/h2-7,9,11,13-14,17,24H,8,10,12,15H2,1H3/t17-,24-/m1/s1. The van der Waals surface area contributed by atoms with Crippen molar-refractivity contribution in [3.8, 4) is 23.3 Å². The Morgan fingerprint density at radius 1 is 1.17 bits per heavy atom. The average Bonchev–Trinajstić information content (AvgIpc) is 3.50. The van der Waals surface area contributed by atoms with Crippen molar-refractivity contribution in [2.24, 2.45) is 0 Å². The molecule has 0 unspecified atom stereocenters. The van der Waals surface area contributed by atoms with Gasteiger partial charge in [-0.25, -0.2) is 9.37 Å². The predicted molar refractivity (Wildman–Crippen MR) is 129 cm³/mol. The first-order valence-electron chi connectivity index (χ1n) is 11.8. The van der Waals surface area contributed by atoms with E-state index in [0.29, 0.717) is 42.3 Å². The molecule has 0 amide bonds. The van der Waals surface area contributed by atoms with Gasteiger partial charge in [0.05, 0.1) is 25.7 Å². The number of para-hydroxylation sites is 1. The molecular formula is C28H23FN2O5. The van der Waals surface area contributed by atoms with E-state index in [9.17, 15) is 9.18 Å². The molecule has 6 rings (SSSR count). The zero-order chi connectivity index (χ0) is 24.6. The van der Waals surface area contributed by atoms with Crippen LogP contribution in [0.25, 0.3) is 10.9 Å². The number of nitrogens with zero attached hydrogens (tertiary/aromatic N) is 2. The van der Waals surface area contributed by atoms with Gasteiger partial charge >= 0.3 is 12.0 Å². The smallest absolute Gasteiger partial charge is 0.322 e. The van der Waals surface area contributed by atoms with E-state index in [1.54, 1.807) is 18.3 Å². The molecular weight excluding hydrogens is 463 g/mol. The highest BCUT2D eigenvalue weighted by atomic mass is 19.1. The first-order chi connectivity index (χ1) is 17.6. The molecule has 182 valence electrons. The monoisotopic (exact) mass is 486 g/mol. The molecule has 1 aromatic heterocycles. The molecule has 2 aliphatic rings. The number of ether oxygens (including phenoxy) is 4. The lowest BCUT2D eigenvalue weighted by atomic mass is 9.98. The predicted octanol–water partition coefficient (Wildman–Crippen LogP) is 5.67. The molecule has 0 saturated heterocycles. The van der Waals surface area contributed by atoms with Gasteiger partial charge in [-0.2, -0.15) is 4.98 Å². The third-order valence-corrected chi connectivity index (χ3v) is 6.69. The van der Waals surface area contributed by atoms with Gasteiger partial charge in [-0.15, -0.1) is 0 Å². The van der Waals surface area contributed by atoms with E-state index in [1.165, 1.54) is 13.2 Å². The highest BCUT2D eigenvalue weighted by Crippen LogP contribution is 2.44. The van der Waals surface area contributed by atoms with E-state index < -0.39 is 6.10 Å². The van der Waals surface area contributed by atoms with Crippen molar-refractivity contribution in [2.75, 3.05) is 13.7 Å². The summed E-state index contributed by atoms with van der Waals surface area (Å²) in [6, 6.07) is 16.4. The van der Waals surface area contributed by atoms with Gasteiger partial charge in [0.1, 0.15) is 29.2 Å². The van der Waals surface area contributed by atoms with Gasteiger partial charge in [0.2, 0.25) is 0 Å². The van der Waals surface area contributed by atoms with E-state index in [4.69, 9.17) is 18.9 Å². The van der Waals surface area contributed by atoms with Crippen molar-refractivity contribution in [2.45, 2.75) is 31.3 Å². The Bertz CT molecular complexity index is 1470. The van der Waals surface area contributed by atoms with Crippen LogP contribution in [0.4, 0.5) is 4.39 Å². The van der Waals surface area contributed by atoms with E-state index in [1.807, 2.05) is 36.4 Å². The SMILES string of the molecule is COC(=O)C[C@@H]1COc2cc(O[C@@H]3CCc4c(Oc5ncc6ccccc6n5)ccc(F)c43)ccc21. The number of carbonyl (C=O) groups is 1. The maximum absolute atomic E-state index is 15.0. The number of aromatic nitrogens is 2. The molecule has 0 fully saturated rings. The van der Waals surface area contributed by atoms with Gasteiger partial charge in [-0.1, -0.05) is 24.3 Å². The van der Waals surface area contributed by atoms with E-state index >= 15 is 0 Å². The molecule has 1 aliphatic heterocycles. The largest absolute Gasteiger partial charge is 0.492 e. The zero-order valence-corrected chi connectivity index (χ0v) is 19.6. The molecule has 3 aromatic carbocycles. The second kappa shape index (κ2) is 9.11. The number of esters is 1. The van der Waals surface area contributed by atoms with Crippen LogP contribution in [0.5, 0.6) is 23.3 Å². The topological polar surface area (TPSA) is 79.8 Å². The van der Waals surface area contributed by atoms with Gasteiger partial charge in [0.15, 0.2) is 0 Å². The molecule has 0 bridgehead atoms. The van der Waals surface area contributed by atoms with E-state index in [-0.39, 0.29) is 30.1 Å². The van der Waals surface area contributed by atoms with Crippen molar-refractivity contribution >= 4 is 16.9 Å². The fourth-order valence-electron chi connectivity index (χ4n) is 4.91. The van der Waals surface area contributed by atoms with Crippen LogP contribution < -0.4 is 14.2 Å². The minimum absolute atomic E-state index is 0.0526. The first-order valence-corrected chi connectivity index (χ1v) is 11.8. The van der Waals surface area contributed by atoms with Crippen molar-refractivity contribution in [1.82, 2.24) is 9.97 Å². The fourth-order valence-corrected chi connectivity index (χ4v) is 4.91. The number of rotatable bonds is 6. The molecule has 8 heteroatoms. The normalized spacial score (nSPS) is 17.8. The van der Waals surface area contributed by atoms with Crippen LogP contribution in [0, 0.1) is 5.82 Å². The second-order valence-corrected chi connectivity index (χ2v) is 8.88. The number of halogens is 1. The van der Waals surface area contributed by atoms with E-state index in [2.05, 4.69) is 9.97 Å². The Kier molecular flexibility index (Phi) is 5.64. The number of methoxy groups -OCH3 is 1. The van der Waals surface area contributed by atoms with Crippen molar-refractivity contribution in [3.63, 3.8) is 0 Å². The van der Waals surface area contributed by atoms with Crippen LogP contribution in [0.1, 0.15) is 41.6 Å². The van der Waals surface area contributed by atoms with Crippen molar-refractivity contribution in [3.05, 3.63) is 83.3 Å². The van der Waals surface area contributed by atoms with Gasteiger partial charge in [0.25, 0.3) is 0 Å². The van der Waals surface area contributed by atoms with Gasteiger partial charge in [0, 0.05) is 40.3 Å². The van der Waals surface area contributed by atoms with Crippen molar-refractivity contribution < 1.29 is 28.1 Å². The third kappa shape index (κ3) is 4.08. The summed E-state index contributed by atoms with van der Waals surface area (Å²) in [5, 5.41) is 0.914. The summed E-state index contributed by atoms with van der Waals surface area (Å²) in [6.07, 6.45) is 2.71. The molecule has 7 nitrogen and oxygen atoms in total. The molecule has 0 radical (unpaired) electrons. The van der Waals surface area contributed by atoms with Crippen LogP contribution in [0.15, 0.2) is 60.8 Å². The summed E-state index contributed by atoms with van der Waals surface area (Å²) in [7, 11) is 1.37. The zero-order valence-electron chi connectivity index (χ0n) is 19.6. The molecule has 2 atom stereocenters. The Balaban J connectivity index is 1.23. The lowest BCUT2D eigenvalue weighted by Crippen LogP contribution is -2.09. The molecule has 36 heavy (non-hydrogen) atoms. The summed E-state index contributed by atoms with van der Waals surface area (Å²) in [6.45, 7) is 0.409. The first kappa shape index (κ1) is 22.3. The molecule has 0 spiro atoms. The van der Waals surface area contributed by atoms with Crippen LogP contribution in [0.3, 0.4) is 0 Å². The lowest BCUT2D eigenvalue weighted by molar-refractivity contribution is -0.141. The minimum atomic E-state index is -0.466. The number of benzene rings is 3. The number of carbonyl (C=O) groups excluding carboxylic acids is 1. The Morgan fingerprint density at radius 2 is 2.06 bits per heavy atom. The molecule has 1 aliphatic carbocycles.